The van der Waals surface area contributed by atoms with Gasteiger partial charge in [0.05, 0.1) is 10.7 Å². The molecule has 0 unspecified atom stereocenters. The van der Waals surface area contributed by atoms with Crippen molar-refractivity contribution >= 4 is 29.0 Å². The quantitative estimate of drug-likeness (QED) is 0.655. The number of hydrogen-bond acceptors (Lipinski definition) is 5. The summed E-state index contributed by atoms with van der Waals surface area (Å²) in [6.07, 6.45) is 1.73. The second kappa shape index (κ2) is 7.62. The van der Waals surface area contributed by atoms with Crippen LogP contribution in [0.25, 0.3) is 11.3 Å². The number of benzene rings is 1. The van der Waals surface area contributed by atoms with Crippen LogP contribution in [0.2, 0.25) is 10.0 Å². The van der Waals surface area contributed by atoms with Crippen LogP contribution in [0.3, 0.4) is 0 Å². The lowest BCUT2D eigenvalue weighted by Gasteiger charge is -2.18. The molecule has 0 aliphatic carbocycles. The van der Waals surface area contributed by atoms with E-state index in [4.69, 9.17) is 32.7 Å². The molecule has 1 N–H and O–H groups in total. The first-order chi connectivity index (χ1) is 13.1. The van der Waals surface area contributed by atoms with Crippen molar-refractivity contribution in [3.8, 4) is 22.9 Å². The van der Waals surface area contributed by atoms with E-state index >= 15 is 0 Å². The Balaban J connectivity index is 1.51. The third kappa shape index (κ3) is 3.94. The van der Waals surface area contributed by atoms with Crippen molar-refractivity contribution < 1.29 is 9.47 Å². The zero-order chi connectivity index (χ0) is 18.8. The Morgan fingerprint density at radius 3 is 2.70 bits per heavy atom. The van der Waals surface area contributed by atoms with E-state index in [0.29, 0.717) is 42.1 Å². The van der Waals surface area contributed by atoms with E-state index in [0.717, 1.165) is 22.0 Å². The van der Waals surface area contributed by atoms with Gasteiger partial charge in [0.2, 0.25) is 0 Å². The first-order valence-electron chi connectivity index (χ1n) is 8.51. The number of hydrogen-bond donors (Lipinski definition) is 1. The second-order valence-electron chi connectivity index (χ2n) is 6.20. The number of fused-ring (bicyclic) bond motifs is 1. The first kappa shape index (κ1) is 17.9. The minimum Gasteiger partial charge on any atom is -0.484 e. The number of nitrogens with one attached hydrogen (secondary N) is 1. The number of ether oxygens (including phenoxy) is 2. The summed E-state index contributed by atoms with van der Waals surface area (Å²) in [5, 5.41) is 4.51. The average Bonchev–Trinajstić information content (AvgIpc) is 2.68. The molecule has 2 aromatic heterocycles. The Bertz CT molecular complexity index is 978. The van der Waals surface area contributed by atoms with Crippen molar-refractivity contribution in [2.75, 3.05) is 18.5 Å². The van der Waals surface area contributed by atoms with Crippen molar-refractivity contribution in [1.82, 2.24) is 9.97 Å². The number of anilines is 1. The van der Waals surface area contributed by atoms with Crippen LogP contribution in [0.1, 0.15) is 11.1 Å². The van der Waals surface area contributed by atoms with E-state index in [-0.39, 0.29) is 0 Å². The van der Waals surface area contributed by atoms with E-state index < -0.39 is 0 Å². The number of aryl methyl sites for hydroxylation is 1. The Morgan fingerprint density at radius 1 is 1.04 bits per heavy atom. The van der Waals surface area contributed by atoms with Gasteiger partial charge in [-0.2, -0.15) is 0 Å². The van der Waals surface area contributed by atoms with Crippen LogP contribution in [0.15, 0.2) is 42.6 Å². The minimum atomic E-state index is 0.456. The minimum absolute atomic E-state index is 0.456. The summed E-state index contributed by atoms with van der Waals surface area (Å²) in [4.78, 5) is 8.92. The third-order valence-electron chi connectivity index (χ3n) is 4.19. The average molecular weight is 402 g/mol. The normalized spacial score (nSPS) is 12.7. The van der Waals surface area contributed by atoms with Gasteiger partial charge in [-0.3, -0.25) is 0 Å². The molecule has 0 bridgehead atoms. The molecule has 0 atom stereocenters. The zero-order valence-electron chi connectivity index (χ0n) is 14.6. The molecule has 1 aliphatic heterocycles. The number of aromatic nitrogens is 2. The highest BCUT2D eigenvalue weighted by atomic mass is 35.5. The number of pyridine rings is 2. The van der Waals surface area contributed by atoms with Gasteiger partial charge in [-0.1, -0.05) is 40.9 Å². The highest BCUT2D eigenvalue weighted by Gasteiger charge is 2.18. The molecule has 0 saturated heterocycles. The SMILES string of the molecule is Cc1ccc(Cl)c(CNc2ccc(-c3nc4c(cc3Cl)OCCO4)cn2)c1. The summed E-state index contributed by atoms with van der Waals surface area (Å²) < 4.78 is 11.0. The topological polar surface area (TPSA) is 56.3 Å². The van der Waals surface area contributed by atoms with Crippen molar-refractivity contribution in [3.05, 3.63) is 63.8 Å². The number of nitrogens with zero attached hydrogens (tertiary/aromatic N) is 2. The molecule has 0 radical (unpaired) electrons. The van der Waals surface area contributed by atoms with Gasteiger partial charge < -0.3 is 14.8 Å². The molecular formula is C20H17Cl2N3O2. The molecule has 0 fully saturated rings. The van der Waals surface area contributed by atoms with Crippen molar-refractivity contribution in [3.63, 3.8) is 0 Å². The summed E-state index contributed by atoms with van der Waals surface area (Å²) in [5.41, 5.74) is 3.61. The second-order valence-corrected chi connectivity index (χ2v) is 7.01. The predicted molar refractivity (Wildman–Crippen MR) is 107 cm³/mol. The summed E-state index contributed by atoms with van der Waals surface area (Å²) in [6.45, 7) is 3.60. The van der Waals surface area contributed by atoms with E-state index in [1.54, 1.807) is 12.3 Å². The van der Waals surface area contributed by atoms with Crippen LogP contribution < -0.4 is 14.8 Å². The molecule has 4 rings (SSSR count). The monoisotopic (exact) mass is 401 g/mol. The van der Waals surface area contributed by atoms with Crippen LogP contribution in [0, 0.1) is 6.92 Å². The molecule has 0 amide bonds. The van der Waals surface area contributed by atoms with Crippen LogP contribution in [-0.4, -0.2) is 23.2 Å². The standard InChI is InChI=1S/C20H17Cl2N3O2/c1-12-2-4-15(21)14(8-12)11-24-18-5-3-13(10-23-18)19-16(22)9-17-20(25-19)27-7-6-26-17/h2-5,8-10H,6-7,11H2,1H3,(H,23,24). The van der Waals surface area contributed by atoms with Gasteiger partial charge in [-0.05, 0) is 30.7 Å². The molecule has 27 heavy (non-hydrogen) atoms. The van der Waals surface area contributed by atoms with Gasteiger partial charge in [0.15, 0.2) is 5.75 Å². The molecule has 7 heteroatoms. The number of halogens is 2. The van der Waals surface area contributed by atoms with Crippen molar-refractivity contribution in [1.29, 1.82) is 0 Å². The van der Waals surface area contributed by atoms with Gasteiger partial charge in [-0.15, -0.1) is 0 Å². The Kier molecular flexibility index (Phi) is 5.05. The zero-order valence-corrected chi connectivity index (χ0v) is 16.1. The predicted octanol–water partition coefficient (Wildman–Crippen LogP) is 5.14. The highest BCUT2D eigenvalue weighted by molar-refractivity contribution is 6.33. The molecule has 5 nitrogen and oxygen atoms in total. The fourth-order valence-electron chi connectivity index (χ4n) is 2.82. The lowest BCUT2D eigenvalue weighted by atomic mass is 10.1. The van der Waals surface area contributed by atoms with Gasteiger partial charge in [0.25, 0.3) is 5.88 Å². The maximum atomic E-state index is 6.35. The first-order valence-corrected chi connectivity index (χ1v) is 9.27. The van der Waals surface area contributed by atoms with Gasteiger partial charge in [0.1, 0.15) is 19.0 Å². The molecule has 1 aliphatic rings. The summed E-state index contributed by atoms with van der Waals surface area (Å²) in [7, 11) is 0. The largest absolute Gasteiger partial charge is 0.484 e. The lowest BCUT2D eigenvalue weighted by Crippen LogP contribution is -2.16. The molecule has 1 aromatic carbocycles. The summed E-state index contributed by atoms with van der Waals surface area (Å²) in [6, 6.07) is 11.5. The van der Waals surface area contributed by atoms with Crippen LogP contribution in [-0.2, 0) is 6.54 Å². The Hall–Kier alpha value is -2.50. The lowest BCUT2D eigenvalue weighted by molar-refractivity contribution is 0.164. The van der Waals surface area contributed by atoms with Gasteiger partial charge in [0, 0.05) is 29.4 Å². The summed E-state index contributed by atoms with van der Waals surface area (Å²) >= 11 is 12.6. The van der Waals surface area contributed by atoms with Crippen LogP contribution >= 0.6 is 23.2 Å². The highest BCUT2D eigenvalue weighted by Crippen LogP contribution is 2.36. The summed E-state index contributed by atoms with van der Waals surface area (Å²) in [5.74, 6) is 1.76. The van der Waals surface area contributed by atoms with E-state index in [2.05, 4.69) is 21.4 Å². The molecular weight excluding hydrogens is 385 g/mol. The smallest absolute Gasteiger partial charge is 0.257 e. The third-order valence-corrected chi connectivity index (χ3v) is 4.84. The number of rotatable bonds is 4. The molecule has 0 saturated carbocycles. The van der Waals surface area contributed by atoms with Crippen LogP contribution in [0.4, 0.5) is 5.82 Å². The van der Waals surface area contributed by atoms with Crippen LogP contribution in [0.5, 0.6) is 11.6 Å². The molecule has 3 heterocycles. The maximum absolute atomic E-state index is 6.35. The van der Waals surface area contributed by atoms with Crippen molar-refractivity contribution in [2.24, 2.45) is 0 Å². The fourth-order valence-corrected chi connectivity index (χ4v) is 3.25. The van der Waals surface area contributed by atoms with E-state index in [1.807, 2.05) is 31.2 Å². The Morgan fingerprint density at radius 2 is 1.89 bits per heavy atom. The molecule has 138 valence electrons. The van der Waals surface area contributed by atoms with Crippen molar-refractivity contribution in [2.45, 2.75) is 13.5 Å². The maximum Gasteiger partial charge on any atom is 0.257 e. The Labute approximate surface area is 167 Å². The van der Waals surface area contributed by atoms with E-state index in [9.17, 15) is 0 Å². The molecule has 0 spiro atoms. The molecule has 3 aromatic rings. The van der Waals surface area contributed by atoms with Gasteiger partial charge in [-0.25, -0.2) is 9.97 Å². The fraction of sp³-hybridized carbons (Fsp3) is 0.200. The van der Waals surface area contributed by atoms with Gasteiger partial charge >= 0.3 is 0 Å². The van der Waals surface area contributed by atoms with E-state index in [1.165, 1.54) is 5.56 Å².